The van der Waals surface area contributed by atoms with Crippen LogP contribution in [0.5, 0.6) is 0 Å². The Bertz CT molecular complexity index is 389. The molecule has 1 N–H and O–H groups in total. The van der Waals surface area contributed by atoms with Gasteiger partial charge in [0.05, 0.1) is 0 Å². The maximum Gasteiger partial charge on any atom is 0.0239 e. The van der Waals surface area contributed by atoms with Crippen molar-refractivity contribution in [2.75, 3.05) is 6.54 Å². The minimum Gasteiger partial charge on any atom is -0.314 e. The normalized spacial score (nSPS) is 36.6. The van der Waals surface area contributed by atoms with Gasteiger partial charge in [0.2, 0.25) is 0 Å². The molecule has 2 heteroatoms. The van der Waals surface area contributed by atoms with E-state index in [9.17, 15) is 0 Å². The molecular formula is C16H24N2. The van der Waals surface area contributed by atoms with Crippen molar-refractivity contribution in [3.63, 3.8) is 0 Å². The molecule has 2 fully saturated rings. The van der Waals surface area contributed by atoms with Gasteiger partial charge in [0.15, 0.2) is 0 Å². The molecule has 2 aliphatic heterocycles. The Hall–Kier alpha value is -0.860. The lowest BCUT2D eigenvalue weighted by Gasteiger charge is -2.45. The number of hydrogen-bond acceptors (Lipinski definition) is 2. The maximum absolute atomic E-state index is 3.68. The molecule has 2 unspecified atom stereocenters. The van der Waals surface area contributed by atoms with Crippen LogP contribution < -0.4 is 5.32 Å². The first-order valence-electron chi connectivity index (χ1n) is 7.29. The van der Waals surface area contributed by atoms with Gasteiger partial charge in [0.1, 0.15) is 0 Å². The minimum atomic E-state index is 0.687. The Morgan fingerprint density at radius 1 is 1.22 bits per heavy atom. The second-order valence-corrected chi connectivity index (χ2v) is 6.00. The van der Waals surface area contributed by atoms with Crippen LogP contribution in [0.4, 0.5) is 0 Å². The quantitative estimate of drug-likeness (QED) is 0.860. The van der Waals surface area contributed by atoms with E-state index in [1.807, 2.05) is 0 Å². The van der Waals surface area contributed by atoms with E-state index in [-0.39, 0.29) is 0 Å². The van der Waals surface area contributed by atoms with Crippen LogP contribution in [0.1, 0.15) is 32.3 Å². The summed E-state index contributed by atoms with van der Waals surface area (Å²) in [5, 5.41) is 3.68. The van der Waals surface area contributed by atoms with Crippen LogP contribution >= 0.6 is 0 Å². The van der Waals surface area contributed by atoms with E-state index in [1.54, 1.807) is 0 Å². The number of nitrogens with one attached hydrogen (secondary N) is 1. The Balaban J connectivity index is 1.74. The van der Waals surface area contributed by atoms with Gasteiger partial charge in [-0.25, -0.2) is 0 Å². The first-order valence-corrected chi connectivity index (χ1v) is 7.29. The molecule has 1 aromatic carbocycles. The molecule has 3 rings (SSSR count). The molecule has 2 heterocycles. The van der Waals surface area contributed by atoms with Crippen LogP contribution in [-0.2, 0) is 6.54 Å². The van der Waals surface area contributed by atoms with Gasteiger partial charge in [-0.1, -0.05) is 30.3 Å². The van der Waals surface area contributed by atoms with Gasteiger partial charge in [-0.3, -0.25) is 4.90 Å². The second-order valence-electron chi connectivity index (χ2n) is 6.00. The van der Waals surface area contributed by atoms with Crippen molar-refractivity contribution in [3.8, 4) is 0 Å². The molecule has 2 nitrogen and oxygen atoms in total. The average Bonchev–Trinajstić information content (AvgIpc) is 2.84. The van der Waals surface area contributed by atoms with Crippen LogP contribution in [0.25, 0.3) is 0 Å². The first-order chi connectivity index (χ1) is 8.75. The Morgan fingerprint density at radius 2 is 2.00 bits per heavy atom. The summed E-state index contributed by atoms with van der Waals surface area (Å²) in [5.74, 6) is 0.852. The van der Waals surface area contributed by atoms with Crippen LogP contribution in [0, 0.1) is 5.92 Å². The topological polar surface area (TPSA) is 15.3 Å². The van der Waals surface area contributed by atoms with Crippen molar-refractivity contribution in [1.82, 2.24) is 10.2 Å². The first kappa shape index (κ1) is 12.2. The highest BCUT2D eigenvalue weighted by molar-refractivity contribution is 5.15. The molecular weight excluding hydrogens is 220 g/mol. The summed E-state index contributed by atoms with van der Waals surface area (Å²) in [6, 6.07) is 13.0. The molecule has 1 aromatic rings. The average molecular weight is 244 g/mol. The molecule has 0 spiro atoms. The fourth-order valence-corrected chi connectivity index (χ4v) is 3.87. The molecule has 2 saturated heterocycles. The fourth-order valence-electron chi connectivity index (χ4n) is 3.87. The predicted octanol–water partition coefficient (Wildman–Crippen LogP) is 2.65. The van der Waals surface area contributed by atoms with Crippen molar-refractivity contribution in [2.45, 2.75) is 51.4 Å². The number of fused-ring (bicyclic) bond motifs is 1. The van der Waals surface area contributed by atoms with Crippen molar-refractivity contribution in [3.05, 3.63) is 35.9 Å². The molecule has 0 bridgehead atoms. The van der Waals surface area contributed by atoms with Crippen molar-refractivity contribution < 1.29 is 0 Å². The Kier molecular flexibility index (Phi) is 3.40. The maximum atomic E-state index is 3.68. The lowest BCUT2D eigenvalue weighted by atomic mass is 9.83. The zero-order valence-corrected chi connectivity index (χ0v) is 11.5. The number of nitrogens with zero attached hydrogens (tertiary/aromatic N) is 1. The number of benzene rings is 1. The molecule has 0 aliphatic carbocycles. The van der Waals surface area contributed by atoms with Gasteiger partial charge in [-0.05, 0) is 44.7 Å². The largest absolute Gasteiger partial charge is 0.314 e. The third kappa shape index (κ3) is 2.19. The van der Waals surface area contributed by atoms with E-state index < -0.39 is 0 Å². The SMILES string of the molecule is C[C@@H]1CC2NCCC2[C@H](C)N1Cc1ccccc1. The number of piperidine rings is 1. The standard InChI is InChI=1S/C16H24N2/c1-12-10-16-15(8-9-17-16)13(2)18(12)11-14-6-4-3-5-7-14/h3-7,12-13,15-17H,8-11H2,1-2H3/t12-,13+,15?,16?/m1/s1. The van der Waals surface area contributed by atoms with E-state index in [2.05, 4.69) is 54.4 Å². The van der Waals surface area contributed by atoms with Crippen molar-refractivity contribution >= 4 is 0 Å². The predicted molar refractivity (Wildman–Crippen MR) is 75.4 cm³/mol. The molecule has 98 valence electrons. The van der Waals surface area contributed by atoms with Gasteiger partial charge in [-0.15, -0.1) is 0 Å². The molecule has 0 aromatic heterocycles. The third-order valence-corrected chi connectivity index (χ3v) is 4.91. The summed E-state index contributed by atoms with van der Waals surface area (Å²) in [6.45, 7) is 7.12. The monoisotopic (exact) mass is 244 g/mol. The van der Waals surface area contributed by atoms with Gasteiger partial charge in [0.25, 0.3) is 0 Å². The number of likely N-dealkylation sites (tertiary alicyclic amines) is 1. The van der Waals surface area contributed by atoms with Crippen molar-refractivity contribution in [1.29, 1.82) is 0 Å². The molecule has 4 atom stereocenters. The van der Waals surface area contributed by atoms with Gasteiger partial charge in [-0.2, -0.15) is 0 Å². The smallest absolute Gasteiger partial charge is 0.0239 e. The van der Waals surface area contributed by atoms with E-state index in [4.69, 9.17) is 0 Å². The highest BCUT2D eigenvalue weighted by Gasteiger charge is 2.41. The van der Waals surface area contributed by atoms with E-state index in [0.29, 0.717) is 12.1 Å². The Morgan fingerprint density at radius 3 is 2.78 bits per heavy atom. The summed E-state index contributed by atoms with van der Waals surface area (Å²) in [7, 11) is 0. The van der Waals surface area contributed by atoms with Crippen LogP contribution in [-0.4, -0.2) is 29.6 Å². The lowest BCUT2D eigenvalue weighted by Crippen LogP contribution is -2.54. The van der Waals surface area contributed by atoms with Crippen molar-refractivity contribution in [2.24, 2.45) is 5.92 Å². The zero-order valence-electron chi connectivity index (χ0n) is 11.5. The number of rotatable bonds is 2. The molecule has 0 saturated carbocycles. The summed E-state index contributed by atoms with van der Waals surface area (Å²) in [4.78, 5) is 2.70. The summed E-state index contributed by atoms with van der Waals surface area (Å²) in [6.07, 6.45) is 2.66. The Labute approximate surface area is 110 Å². The van der Waals surface area contributed by atoms with E-state index in [0.717, 1.165) is 18.5 Å². The van der Waals surface area contributed by atoms with Gasteiger partial charge < -0.3 is 5.32 Å². The molecule has 2 aliphatic rings. The third-order valence-electron chi connectivity index (χ3n) is 4.91. The molecule has 0 amide bonds. The minimum absolute atomic E-state index is 0.687. The van der Waals surface area contributed by atoms with E-state index in [1.165, 1.54) is 24.9 Å². The fraction of sp³-hybridized carbons (Fsp3) is 0.625. The van der Waals surface area contributed by atoms with Gasteiger partial charge >= 0.3 is 0 Å². The lowest BCUT2D eigenvalue weighted by molar-refractivity contribution is 0.0426. The molecule has 0 radical (unpaired) electrons. The van der Waals surface area contributed by atoms with Crippen LogP contribution in [0.15, 0.2) is 30.3 Å². The highest BCUT2D eigenvalue weighted by Crippen LogP contribution is 2.34. The number of hydrogen-bond donors (Lipinski definition) is 1. The summed E-state index contributed by atoms with van der Waals surface area (Å²) < 4.78 is 0. The van der Waals surface area contributed by atoms with Gasteiger partial charge in [0, 0.05) is 24.7 Å². The summed E-state index contributed by atoms with van der Waals surface area (Å²) >= 11 is 0. The zero-order chi connectivity index (χ0) is 12.5. The molecule has 18 heavy (non-hydrogen) atoms. The van der Waals surface area contributed by atoms with Crippen LogP contribution in [0.3, 0.4) is 0 Å². The van der Waals surface area contributed by atoms with E-state index >= 15 is 0 Å². The summed E-state index contributed by atoms with van der Waals surface area (Å²) in [5.41, 5.74) is 1.45. The highest BCUT2D eigenvalue weighted by atomic mass is 15.2. The second kappa shape index (κ2) is 5.02. The van der Waals surface area contributed by atoms with Crippen LogP contribution in [0.2, 0.25) is 0 Å².